The largest absolute Gasteiger partial charge is 0.325 e. The van der Waals surface area contributed by atoms with Gasteiger partial charge in [0, 0.05) is 17.5 Å². The summed E-state index contributed by atoms with van der Waals surface area (Å²) in [6.07, 6.45) is 2.17. The summed E-state index contributed by atoms with van der Waals surface area (Å²) >= 11 is 0. The Balaban J connectivity index is 1.91. The maximum absolute atomic E-state index is 13.2. The van der Waals surface area contributed by atoms with Crippen molar-refractivity contribution in [1.29, 1.82) is 5.26 Å². The molecule has 0 bridgehead atoms. The number of benzene rings is 2. The molecule has 1 heterocycles. The van der Waals surface area contributed by atoms with E-state index in [0.717, 1.165) is 17.0 Å². The highest BCUT2D eigenvalue weighted by Crippen LogP contribution is 2.17. The minimum atomic E-state index is -3.37. The fourth-order valence-electron chi connectivity index (χ4n) is 2.67. The van der Waals surface area contributed by atoms with E-state index in [4.69, 9.17) is 5.26 Å². The van der Waals surface area contributed by atoms with Gasteiger partial charge >= 0.3 is 0 Å². The van der Waals surface area contributed by atoms with Gasteiger partial charge in [-0.25, -0.2) is 17.8 Å². The molecule has 1 aromatic heterocycles. The zero-order valence-electron chi connectivity index (χ0n) is 15.7. The molecule has 0 aliphatic carbocycles. The molecule has 0 unspecified atom stereocenters. The molecular formula is C20H15FN4O4S. The van der Waals surface area contributed by atoms with Crippen molar-refractivity contribution in [2.45, 2.75) is 11.4 Å². The second kappa shape index (κ2) is 8.26. The molecule has 3 aromatic rings. The van der Waals surface area contributed by atoms with E-state index in [2.05, 4.69) is 10.3 Å². The van der Waals surface area contributed by atoms with Gasteiger partial charge in [0.05, 0.1) is 11.1 Å². The molecule has 10 heteroatoms. The van der Waals surface area contributed by atoms with Crippen LogP contribution >= 0.6 is 0 Å². The highest BCUT2D eigenvalue weighted by atomic mass is 32.2. The second-order valence-electron chi connectivity index (χ2n) is 6.35. The number of nitrogens with one attached hydrogen (secondary N) is 1. The quantitative estimate of drug-likeness (QED) is 0.666. The Bertz CT molecular complexity index is 1310. The van der Waals surface area contributed by atoms with Gasteiger partial charge in [0.25, 0.3) is 5.56 Å². The molecule has 0 aliphatic heterocycles. The van der Waals surface area contributed by atoms with Crippen LogP contribution in [0.2, 0.25) is 0 Å². The van der Waals surface area contributed by atoms with Crippen LogP contribution in [0.5, 0.6) is 0 Å². The van der Waals surface area contributed by atoms with Gasteiger partial charge in [0.15, 0.2) is 9.84 Å². The van der Waals surface area contributed by atoms with Crippen molar-refractivity contribution in [3.63, 3.8) is 0 Å². The first kappa shape index (κ1) is 20.9. The van der Waals surface area contributed by atoms with E-state index >= 15 is 0 Å². The first-order chi connectivity index (χ1) is 14.2. The Kier molecular flexibility index (Phi) is 5.75. The predicted octanol–water partition coefficient (Wildman–Crippen LogP) is 1.96. The van der Waals surface area contributed by atoms with E-state index in [1.54, 1.807) is 6.07 Å². The summed E-state index contributed by atoms with van der Waals surface area (Å²) < 4.78 is 37.3. The molecule has 0 aliphatic rings. The third-order valence-corrected chi connectivity index (χ3v) is 5.27. The van der Waals surface area contributed by atoms with Crippen LogP contribution in [0.1, 0.15) is 5.56 Å². The van der Waals surface area contributed by atoms with E-state index in [-0.39, 0.29) is 16.3 Å². The van der Waals surface area contributed by atoms with Gasteiger partial charge < -0.3 is 5.32 Å². The number of carbonyl (C=O) groups excluding carboxylic acids is 1. The Morgan fingerprint density at radius 1 is 1.17 bits per heavy atom. The van der Waals surface area contributed by atoms with Gasteiger partial charge in [-0.15, -0.1) is 0 Å². The number of rotatable bonds is 5. The van der Waals surface area contributed by atoms with E-state index < -0.39 is 33.7 Å². The maximum Gasteiger partial charge on any atom is 0.272 e. The van der Waals surface area contributed by atoms with E-state index in [9.17, 15) is 22.4 Å². The summed E-state index contributed by atoms with van der Waals surface area (Å²) in [7, 11) is -3.37. The zero-order valence-corrected chi connectivity index (χ0v) is 16.5. The summed E-state index contributed by atoms with van der Waals surface area (Å²) in [5.74, 6) is -0.970. The highest BCUT2D eigenvalue weighted by Gasteiger charge is 2.16. The molecule has 8 nitrogen and oxygen atoms in total. The monoisotopic (exact) mass is 426 g/mol. The number of hydrogen-bond acceptors (Lipinski definition) is 6. The van der Waals surface area contributed by atoms with Crippen molar-refractivity contribution >= 4 is 21.4 Å². The lowest BCUT2D eigenvalue weighted by Gasteiger charge is -2.13. The molecule has 0 radical (unpaired) electrons. The van der Waals surface area contributed by atoms with Crippen LogP contribution in [0.25, 0.3) is 11.4 Å². The third kappa shape index (κ3) is 4.59. The summed E-state index contributed by atoms with van der Waals surface area (Å²) in [5.41, 5.74) is -0.239. The molecule has 1 N–H and O–H groups in total. The number of halogens is 1. The van der Waals surface area contributed by atoms with Crippen molar-refractivity contribution < 1.29 is 17.6 Å². The molecule has 3 rings (SSSR count). The summed E-state index contributed by atoms with van der Waals surface area (Å²) in [4.78, 5) is 29.3. The Morgan fingerprint density at radius 2 is 1.80 bits per heavy atom. The molecule has 0 fully saturated rings. The van der Waals surface area contributed by atoms with Crippen LogP contribution in [0.4, 0.5) is 10.1 Å². The van der Waals surface area contributed by atoms with Gasteiger partial charge in [-0.3, -0.25) is 14.2 Å². The lowest BCUT2D eigenvalue weighted by molar-refractivity contribution is -0.116. The summed E-state index contributed by atoms with van der Waals surface area (Å²) in [6, 6.07) is 12.4. The molecule has 0 spiro atoms. The molecule has 0 saturated heterocycles. The van der Waals surface area contributed by atoms with Gasteiger partial charge in [0.2, 0.25) is 5.91 Å². The zero-order chi connectivity index (χ0) is 21.9. The van der Waals surface area contributed by atoms with Gasteiger partial charge in [-0.05, 0) is 48.5 Å². The fraction of sp³-hybridized carbons (Fsp3) is 0.100. The number of nitriles is 1. The summed E-state index contributed by atoms with van der Waals surface area (Å²) in [6.45, 7) is -0.456. The number of nitrogens with zero attached hydrogens (tertiary/aromatic N) is 3. The fourth-order valence-corrected chi connectivity index (χ4v) is 3.30. The Hall–Kier alpha value is -3.84. The normalized spacial score (nSPS) is 11.0. The molecular weight excluding hydrogens is 411 g/mol. The third-order valence-electron chi connectivity index (χ3n) is 4.14. The molecule has 0 saturated carbocycles. The van der Waals surface area contributed by atoms with Crippen LogP contribution < -0.4 is 10.9 Å². The molecule has 152 valence electrons. The number of hydrogen-bond donors (Lipinski definition) is 1. The number of amides is 1. The number of aromatic nitrogens is 2. The van der Waals surface area contributed by atoms with Crippen molar-refractivity contribution in [1.82, 2.24) is 9.55 Å². The highest BCUT2D eigenvalue weighted by molar-refractivity contribution is 7.90. The average molecular weight is 426 g/mol. The van der Waals surface area contributed by atoms with Gasteiger partial charge in [-0.1, -0.05) is 0 Å². The number of anilines is 1. The van der Waals surface area contributed by atoms with Crippen LogP contribution in [0.15, 0.2) is 64.4 Å². The average Bonchev–Trinajstić information content (AvgIpc) is 2.70. The first-order valence-corrected chi connectivity index (χ1v) is 10.4. The van der Waals surface area contributed by atoms with Gasteiger partial charge in [-0.2, -0.15) is 5.26 Å². The van der Waals surface area contributed by atoms with Crippen molar-refractivity contribution in [2.24, 2.45) is 0 Å². The van der Waals surface area contributed by atoms with E-state index in [1.807, 2.05) is 0 Å². The van der Waals surface area contributed by atoms with Crippen LogP contribution in [0.3, 0.4) is 0 Å². The second-order valence-corrected chi connectivity index (χ2v) is 8.37. The minimum absolute atomic E-state index is 0.0984. The van der Waals surface area contributed by atoms with E-state index in [0.29, 0.717) is 11.3 Å². The van der Waals surface area contributed by atoms with Crippen molar-refractivity contribution in [2.75, 3.05) is 11.6 Å². The van der Waals surface area contributed by atoms with Crippen LogP contribution in [0, 0.1) is 17.1 Å². The molecule has 2 aromatic carbocycles. The predicted molar refractivity (Wildman–Crippen MR) is 107 cm³/mol. The van der Waals surface area contributed by atoms with Crippen LogP contribution in [-0.2, 0) is 21.2 Å². The van der Waals surface area contributed by atoms with Crippen LogP contribution in [-0.4, -0.2) is 30.1 Å². The Morgan fingerprint density at radius 3 is 2.37 bits per heavy atom. The van der Waals surface area contributed by atoms with E-state index in [1.165, 1.54) is 48.5 Å². The van der Waals surface area contributed by atoms with Gasteiger partial charge in [0.1, 0.15) is 29.8 Å². The number of carbonyl (C=O) groups is 1. The van der Waals surface area contributed by atoms with Crippen molar-refractivity contribution in [3.8, 4) is 17.5 Å². The van der Waals surface area contributed by atoms with Crippen molar-refractivity contribution in [3.05, 3.63) is 76.5 Å². The molecule has 30 heavy (non-hydrogen) atoms. The minimum Gasteiger partial charge on any atom is -0.325 e. The Labute approximate surface area is 171 Å². The summed E-state index contributed by atoms with van der Waals surface area (Å²) in [5, 5.41) is 11.7. The topological polar surface area (TPSA) is 122 Å². The number of sulfone groups is 1. The first-order valence-electron chi connectivity index (χ1n) is 8.55. The molecule has 1 amide bonds. The molecule has 0 atom stereocenters. The lowest BCUT2D eigenvalue weighted by atomic mass is 10.2. The lowest BCUT2D eigenvalue weighted by Crippen LogP contribution is -2.31. The maximum atomic E-state index is 13.2. The smallest absolute Gasteiger partial charge is 0.272 e. The standard InChI is InChI=1S/C20H15FN4O4S/c1-30(28,29)17-8-6-16(7-9-17)24-18(26)12-25-19(13-2-4-15(21)5-3-13)23-11-14(10-22)20(25)27/h2-9,11H,12H2,1H3,(H,24,26). The SMILES string of the molecule is CS(=O)(=O)c1ccc(NC(=O)Cn2c(-c3ccc(F)cc3)ncc(C#N)c2=O)cc1.